The molecule has 3 N–H and O–H groups in total. The number of hydrogen-bond acceptors (Lipinski definition) is 6. The smallest absolute Gasteiger partial charge is 0.268 e. The van der Waals surface area contributed by atoms with Crippen LogP contribution in [-0.2, 0) is 6.54 Å². The summed E-state index contributed by atoms with van der Waals surface area (Å²) in [6, 6.07) is 7.02. The van der Waals surface area contributed by atoms with Crippen molar-refractivity contribution in [2.24, 2.45) is 5.73 Å². The Hall–Kier alpha value is -4.01. The number of aliphatic hydroxyl groups excluding tert-OH is 1. The van der Waals surface area contributed by atoms with Gasteiger partial charge in [-0.3, -0.25) is 4.79 Å². The summed E-state index contributed by atoms with van der Waals surface area (Å²) in [5.74, 6) is 6.91. The molecule has 0 aliphatic carbocycles. The number of benzene rings is 1. The number of hydrogen-bond donors (Lipinski definition) is 2. The SMILES string of the molecule is C#C.Cc1cc([C@H](O)C#Cc2ccc3c(c2)-c2nc(C(N)=O)cn2CCO3)no1. The standard InChI is InChI=1S/C19H16N4O4.C2H2/c1-11-8-14(22-27-11)16(24)4-2-12-3-5-17-13(9-12)19-21-15(18(20)25)10-23(19)6-7-26-17;1-2/h3,5,8-10,16,24H,6-7H2,1H3,(H2,20,25);1-2H/t16-;/m1./s1. The number of fused-ring (bicyclic) bond motifs is 3. The van der Waals surface area contributed by atoms with Crippen molar-refractivity contribution in [2.75, 3.05) is 6.61 Å². The molecular weight excluding hydrogens is 372 g/mol. The number of imidazole rings is 1. The average Bonchev–Trinajstić information content (AvgIpc) is 3.31. The van der Waals surface area contributed by atoms with Crippen LogP contribution >= 0.6 is 0 Å². The van der Waals surface area contributed by atoms with Gasteiger partial charge in [-0.1, -0.05) is 17.0 Å². The molecule has 0 saturated carbocycles. The molecule has 4 rings (SSSR count). The molecule has 1 atom stereocenters. The van der Waals surface area contributed by atoms with Crippen molar-refractivity contribution >= 4 is 5.91 Å². The van der Waals surface area contributed by atoms with Gasteiger partial charge in [-0.2, -0.15) is 0 Å². The normalized spacial score (nSPS) is 12.6. The van der Waals surface area contributed by atoms with Crippen LogP contribution in [0.4, 0.5) is 0 Å². The molecule has 1 aromatic carbocycles. The molecule has 8 heteroatoms. The fourth-order valence-electron chi connectivity index (χ4n) is 2.82. The van der Waals surface area contributed by atoms with Gasteiger partial charge in [0.05, 0.1) is 12.1 Å². The van der Waals surface area contributed by atoms with Crippen LogP contribution in [0.15, 0.2) is 35.0 Å². The number of nitrogens with two attached hydrogens (primary N) is 1. The summed E-state index contributed by atoms with van der Waals surface area (Å²) >= 11 is 0. The third-order valence-electron chi connectivity index (χ3n) is 4.12. The number of aromatic nitrogens is 3. The van der Waals surface area contributed by atoms with E-state index in [0.29, 0.717) is 47.3 Å². The van der Waals surface area contributed by atoms with Gasteiger partial charge < -0.3 is 24.7 Å². The number of primary amides is 1. The van der Waals surface area contributed by atoms with Crippen molar-refractivity contribution in [3.63, 3.8) is 0 Å². The second-order valence-electron chi connectivity index (χ2n) is 6.10. The summed E-state index contributed by atoms with van der Waals surface area (Å²) in [4.78, 5) is 15.8. The highest BCUT2D eigenvalue weighted by Crippen LogP contribution is 2.32. The fourth-order valence-corrected chi connectivity index (χ4v) is 2.82. The van der Waals surface area contributed by atoms with Gasteiger partial charge in [0.2, 0.25) is 0 Å². The van der Waals surface area contributed by atoms with Gasteiger partial charge in [-0.25, -0.2) is 4.98 Å². The molecule has 3 aromatic rings. The summed E-state index contributed by atoms with van der Waals surface area (Å²) in [5, 5.41) is 13.9. The number of ether oxygens (including phenoxy) is 1. The summed E-state index contributed by atoms with van der Waals surface area (Å²) in [5.41, 5.74) is 7.27. The van der Waals surface area contributed by atoms with E-state index in [0.717, 1.165) is 0 Å². The lowest BCUT2D eigenvalue weighted by molar-refractivity contribution is 0.0996. The number of nitrogens with zero attached hydrogens (tertiary/aromatic N) is 3. The molecule has 1 aliphatic rings. The van der Waals surface area contributed by atoms with E-state index in [9.17, 15) is 9.90 Å². The van der Waals surface area contributed by atoms with E-state index >= 15 is 0 Å². The van der Waals surface area contributed by atoms with Crippen LogP contribution < -0.4 is 10.5 Å². The average molecular weight is 390 g/mol. The Morgan fingerprint density at radius 2 is 2.17 bits per heavy atom. The Labute approximate surface area is 167 Å². The van der Waals surface area contributed by atoms with E-state index in [1.165, 1.54) is 0 Å². The highest BCUT2D eigenvalue weighted by Gasteiger charge is 2.20. The van der Waals surface area contributed by atoms with Gasteiger partial charge in [-0.05, 0) is 25.1 Å². The summed E-state index contributed by atoms with van der Waals surface area (Å²) in [6.45, 7) is 2.74. The first-order chi connectivity index (χ1) is 14.0. The zero-order valence-electron chi connectivity index (χ0n) is 15.6. The highest BCUT2D eigenvalue weighted by atomic mass is 16.5. The number of carbonyl (C=O) groups excluding carboxylic acids is 1. The van der Waals surface area contributed by atoms with Crippen LogP contribution in [-0.4, -0.2) is 32.3 Å². The maximum atomic E-state index is 11.4. The van der Waals surface area contributed by atoms with Gasteiger partial charge in [0.25, 0.3) is 5.91 Å². The zero-order chi connectivity index (χ0) is 21.0. The number of aryl methyl sites for hydroxylation is 1. The van der Waals surface area contributed by atoms with Crippen LogP contribution in [0.25, 0.3) is 11.4 Å². The van der Waals surface area contributed by atoms with Crippen LogP contribution in [0.3, 0.4) is 0 Å². The third kappa shape index (κ3) is 4.13. The molecule has 0 bridgehead atoms. The molecule has 8 nitrogen and oxygen atoms in total. The summed E-state index contributed by atoms with van der Waals surface area (Å²) in [6.07, 6.45) is 8.56. The second-order valence-corrected chi connectivity index (χ2v) is 6.10. The van der Waals surface area contributed by atoms with Gasteiger partial charge in [-0.15, -0.1) is 12.8 Å². The number of terminal acetylenes is 1. The minimum atomic E-state index is -1.05. The topological polar surface area (TPSA) is 116 Å². The van der Waals surface area contributed by atoms with E-state index in [1.807, 2.05) is 4.57 Å². The minimum absolute atomic E-state index is 0.200. The number of rotatable bonds is 2. The first-order valence-electron chi connectivity index (χ1n) is 8.61. The predicted molar refractivity (Wildman–Crippen MR) is 105 cm³/mol. The van der Waals surface area contributed by atoms with Crippen LogP contribution in [0.1, 0.15) is 33.6 Å². The maximum absolute atomic E-state index is 11.4. The largest absolute Gasteiger partial charge is 0.491 e. The maximum Gasteiger partial charge on any atom is 0.268 e. The molecule has 146 valence electrons. The highest BCUT2D eigenvalue weighted by molar-refractivity contribution is 5.91. The molecular formula is C21H18N4O4. The Morgan fingerprint density at radius 1 is 1.38 bits per heavy atom. The van der Waals surface area contributed by atoms with Crippen molar-refractivity contribution in [1.82, 2.24) is 14.7 Å². The van der Waals surface area contributed by atoms with Gasteiger partial charge >= 0.3 is 0 Å². The lowest BCUT2D eigenvalue weighted by Gasteiger charge is -2.06. The number of aliphatic hydroxyl groups is 1. The lowest BCUT2D eigenvalue weighted by Crippen LogP contribution is -2.11. The van der Waals surface area contributed by atoms with Crippen molar-refractivity contribution in [3.8, 4) is 41.8 Å². The van der Waals surface area contributed by atoms with E-state index in [2.05, 4.69) is 34.8 Å². The van der Waals surface area contributed by atoms with Gasteiger partial charge in [0, 0.05) is 17.8 Å². The predicted octanol–water partition coefficient (Wildman–Crippen LogP) is 1.67. The molecule has 0 saturated heterocycles. The van der Waals surface area contributed by atoms with Crippen molar-refractivity contribution in [3.05, 3.63) is 53.2 Å². The summed E-state index contributed by atoms with van der Waals surface area (Å²) in [7, 11) is 0. The van der Waals surface area contributed by atoms with Gasteiger partial charge in [0.1, 0.15) is 35.3 Å². The Morgan fingerprint density at radius 3 is 2.86 bits per heavy atom. The van der Waals surface area contributed by atoms with Crippen molar-refractivity contribution < 1.29 is 19.2 Å². The number of carbonyl (C=O) groups is 1. The van der Waals surface area contributed by atoms with Crippen molar-refractivity contribution in [1.29, 1.82) is 0 Å². The van der Waals surface area contributed by atoms with E-state index < -0.39 is 12.0 Å². The van der Waals surface area contributed by atoms with E-state index in [1.54, 1.807) is 37.4 Å². The van der Waals surface area contributed by atoms with Crippen LogP contribution in [0, 0.1) is 31.6 Å². The molecule has 0 spiro atoms. The third-order valence-corrected chi connectivity index (χ3v) is 4.12. The second kappa shape index (κ2) is 8.34. The van der Waals surface area contributed by atoms with Crippen molar-refractivity contribution in [2.45, 2.75) is 19.6 Å². The summed E-state index contributed by atoms with van der Waals surface area (Å²) < 4.78 is 12.5. The Balaban J connectivity index is 0.00000117. The first-order valence-corrected chi connectivity index (χ1v) is 8.61. The zero-order valence-corrected chi connectivity index (χ0v) is 15.6. The molecule has 0 radical (unpaired) electrons. The fraction of sp³-hybridized carbons (Fsp3) is 0.190. The van der Waals surface area contributed by atoms with Crippen LogP contribution in [0.2, 0.25) is 0 Å². The molecule has 1 aliphatic heterocycles. The monoisotopic (exact) mass is 390 g/mol. The quantitative estimate of drug-likeness (QED) is 0.643. The lowest BCUT2D eigenvalue weighted by atomic mass is 10.1. The molecule has 29 heavy (non-hydrogen) atoms. The number of amides is 1. The molecule has 0 fully saturated rings. The Bertz CT molecular complexity index is 1130. The molecule has 2 aromatic heterocycles. The van der Waals surface area contributed by atoms with E-state index in [-0.39, 0.29) is 5.69 Å². The van der Waals surface area contributed by atoms with Gasteiger partial charge in [0.15, 0.2) is 6.10 Å². The molecule has 1 amide bonds. The molecule has 3 heterocycles. The minimum Gasteiger partial charge on any atom is -0.491 e. The molecule has 0 unspecified atom stereocenters. The Kier molecular flexibility index (Phi) is 5.68. The van der Waals surface area contributed by atoms with E-state index in [4.69, 9.17) is 15.0 Å². The van der Waals surface area contributed by atoms with Crippen LogP contribution in [0.5, 0.6) is 5.75 Å². The first kappa shape index (κ1) is 19.7.